The Morgan fingerprint density at radius 3 is 2.70 bits per heavy atom. The topological polar surface area (TPSA) is 99.8 Å². The maximum Gasteiger partial charge on any atom is 0.290 e. The Morgan fingerprint density at radius 2 is 2.11 bits per heavy atom. The van der Waals surface area contributed by atoms with Crippen LogP contribution in [0.3, 0.4) is 0 Å². The van der Waals surface area contributed by atoms with E-state index < -0.39 is 0 Å². The van der Waals surface area contributed by atoms with Crippen LogP contribution in [0.4, 0.5) is 10.3 Å². The highest BCUT2D eigenvalue weighted by Crippen LogP contribution is 2.45. The fraction of sp³-hybridized carbons (Fsp3) is 0.444. The molecule has 0 unspecified atom stereocenters. The van der Waals surface area contributed by atoms with Gasteiger partial charge in [0, 0.05) is 45.3 Å². The number of rotatable bonds is 2. The number of carboxylic acid groups (broad SMARTS) is 1. The normalized spacial score (nSPS) is 23.6. The Hall–Kier alpha value is -2.97. The zero-order chi connectivity index (χ0) is 19.6. The number of carbonyl (C=O) groups is 2. The lowest BCUT2D eigenvalue weighted by atomic mass is 9.89. The Labute approximate surface area is 155 Å². The summed E-state index contributed by atoms with van der Waals surface area (Å²) in [5.41, 5.74) is 0.851. The molecule has 0 radical (unpaired) electrons. The minimum atomic E-state index is -0.275. The van der Waals surface area contributed by atoms with Crippen molar-refractivity contribution in [2.45, 2.75) is 19.9 Å². The number of fused-ring (bicyclic) bond motifs is 1. The van der Waals surface area contributed by atoms with Gasteiger partial charge in [0.25, 0.3) is 12.4 Å². The Bertz CT molecular complexity index is 827. The quantitative estimate of drug-likeness (QED) is 0.799. The summed E-state index contributed by atoms with van der Waals surface area (Å²) in [5.74, 6) is 1.43. The monoisotopic (exact) mass is 376 g/mol. The van der Waals surface area contributed by atoms with Crippen LogP contribution in [0, 0.1) is 24.6 Å². The molecule has 3 atom stereocenters. The number of aromatic nitrogens is 2. The largest absolute Gasteiger partial charge is 0.483 e. The highest BCUT2D eigenvalue weighted by atomic mass is 19.1. The van der Waals surface area contributed by atoms with Crippen LogP contribution < -0.4 is 4.90 Å². The first-order chi connectivity index (χ1) is 12.9. The smallest absolute Gasteiger partial charge is 0.290 e. The summed E-state index contributed by atoms with van der Waals surface area (Å²) >= 11 is 0. The number of hydrogen-bond acceptors (Lipinski definition) is 6. The first-order valence-electron chi connectivity index (χ1n) is 8.60. The van der Waals surface area contributed by atoms with E-state index in [9.17, 15) is 9.18 Å². The number of anilines is 1. The molecule has 9 heteroatoms. The van der Waals surface area contributed by atoms with Crippen molar-refractivity contribution in [1.29, 1.82) is 0 Å². The fourth-order valence-corrected chi connectivity index (χ4v) is 4.07. The van der Waals surface area contributed by atoms with Gasteiger partial charge < -0.3 is 19.4 Å². The maximum atomic E-state index is 13.7. The second-order valence-corrected chi connectivity index (χ2v) is 6.72. The third kappa shape index (κ3) is 3.76. The van der Waals surface area contributed by atoms with E-state index in [0.29, 0.717) is 24.3 Å². The fourth-order valence-electron chi connectivity index (χ4n) is 4.07. The van der Waals surface area contributed by atoms with Gasteiger partial charge >= 0.3 is 0 Å². The summed E-state index contributed by atoms with van der Waals surface area (Å²) in [6, 6.07) is 6.45. The van der Waals surface area contributed by atoms with E-state index in [-0.39, 0.29) is 30.2 Å². The molecular formula is C18H21FN4O4. The number of hydrogen-bond donors (Lipinski definition) is 1. The summed E-state index contributed by atoms with van der Waals surface area (Å²) in [5, 5.41) is 10.9. The van der Waals surface area contributed by atoms with Crippen molar-refractivity contribution in [2.75, 3.05) is 24.5 Å². The van der Waals surface area contributed by atoms with Crippen molar-refractivity contribution in [2.24, 2.45) is 11.8 Å². The van der Waals surface area contributed by atoms with Gasteiger partial charge in [-0.15, -0.1) is 0 Å². The van der Waals surface area contributed by atoms with Gasteiger partial charge in [-0.1, -0.05) is 12.1 Å². The molecule has 0 aliphatic carbocycles. The number of benzene rings is 1. The number of amides is 1. The molecule has 8 nitrogen and oxygen atoms in total. The Kier molecular flexibility index (Phi) is 5.38. The lowest BCUT2D eigenvalue weighted by Crippen LogP contribution is -2.34. The van der Waals surface area contributed by atoms with Gasteiger partial charge in [0.05, 0.1) is 6.04 Å². The summed E-state index contributed by atoms with van der Waals surface area (Å²) in [6.07, 6.45) is 0. The van der Waals surface area contributed by atoms with Crippen molar-refractivity contribution in [3.05, 3.63) is 41.5 Å². The molecule has 144 valence electrons. The molecule has 27 heavy (non-hydrogen) atoms. The molecule has 1 aromatic carbocycles. The van der Waals surface area contributed by atoms with Crippen LogP contribution >= 0.6 is 0 Å². The predicted octanol–water partition coefficient (Wildman–Crippen LogP) is 1.87. The van der Waals surface area contributed by atoms with Gasteiger partial charge in [-0.05, 0) is 22.9 Å². The lowest BCUT2D eigenvalue weighted by Gasteiger charge is -2.28. The number of likely N-dealkylation sites (tertiary alicyclic amines) is 1. The molecule has 0 bridgehead atoms. The average molecular weight is 376 g/mol. The van der Waals surface area contributed by atoms with Gasteiger partial charge in [-0.3, -0.25) is 9.59 Å². The van der Waals surface area contributed by atoms with Gasteiger partial charge in [0.2, 0.25) is 11.8 Å². The standard InChI is InChI=1S/C17H19FN4O2.CH2O2/c1-10-19-17(20-24-10)21-7-13-8-22(11(2)23)16(15(13)9-21)12-4-3-5-14(18)6-12;2-1-3/h3-6,13,15-16H,7-9H2,1-2H3;1H,(H,2,3)/t13-,15-,16+;/m1./s1. The Morgan fingerprint density at radius 1 is 1.37 bits per heavy atom. The molecule has 2 aromatic rings. The van der Waals surface area contributed by atoms with Crippen LogP contribution in [-0.4, -0.2) is 52.2 Å². The molecule has 2 aliphatic rings. The minimum Gasteiger partial charge on any atom is -0.483 e. The van der Waals surface area contributed by atoms with Crippen molar-refractivity contribution in [3.63, 3.8) is 0 Å². The van der Waals surface area contributed by atoms with E-state index in [0.717, 1.165) is 18.7 Å². The highest BCUT2D eigenvalue weighted by molar-refractivity contribution is 5.74. The number of nitrogens with zero attached hydrogens (tertiary/aromatic N) is 4. The SMILES string of the molecule is CC(=O)N1C[C@H]2CN(c3noc(C)n3)C[C@H]2[C@@H]1c1cccc(F)c1.O=CO. The minimum absolute atomic E-state index is 0.0283. The first kappa shape index (κ1) is 18.8. The second-order valence-electron chi connectivity index (χ2n) is 6.72. The van der Waals surface area contributed by atoms with Crippen molar-refractivity contribution >= 4 is 18.3 Å². The van der Waals surface area contributed by atoms with E-state index in [1.807, 2.05) is 11.0 Å². The summed E-state index contributed by atoms with van der Waals surface area (Å²) in [4.78, 5) is 28.7. The van der Waals surface area contributed by atoms with E-state index in [4.69, 9.17) is 14.4 Å². The van der Waals surface area contributed by atoms with Crippen LogP contribution in [0.5, 0.6) is 0 Å². The number of carbonyl (C=O) groups excluding carboxylic acids is 1. The van der Waals surface area contributed by atoms with E-state index in [2.05, 4.69) is 15.0 Å². The molecule has 2 aliphatic heterocycles. The van der Waals surface area contributed by atoms with Crippen LogP contribution in [-0.2, 0) is 9.59 Å². The molecule has 4 rings (SSSR count). The third-order valence-corrected chi connectivity index (χ3v) is 5.06. The van der Waals surface area contributed by atoms with Crippen molar-refractivity contribution < 1.29 is 23.6 Å². The van der Waals surface area contributed by atoms with Crippen LogP contribution in [0.15, 0.2) is 28.8 Å². The molecule has 1 amide bonds. The lowest BCUT2D eigenvalue weighted by molar-refractivity contribution is -0.130. The number of aryl methyl sites for hydroxylation is 1. The van der Waals surface area contributed by atoms with Crippen LogP contribution in [0.2, 0.25) is 0 Å². The summed E-state index contributed by atoms with van der Waals surface area (Å²) in [7, 11) is 0. The Balaban J connectivity index is 0.000000659. The highest BCUT2D eigenvalue weighted by Gasteiger charge is 2.49. The van der Waals surface area contributed by atoms with E-state index in [1.54, 1.807) is 19.9 Å². The molecule has 0 spiro atoms. The number of halogens is 1. The van der Waals surface area contributed by atoms with E-state index in [1.165, 1.54) is 12.1 Å². The van der Waals surface area contributed by atoms with Crippen molar-refractivity contribution in [1.82, 2.24) is 15.0 Å². The molecule has 2 fully saturated rings. The molecular weight excluding hydrogens is 355 g/mol. The van der Waals surface area contributed by atoms with Crippen LogP contribution in [0.1, 0.15) is 24.4 Å². The van der Waals surface area contributed by atoms with Gasteiger partial charge in [0.1, 0.15) is 5.82 Å². The molecule has 2 saturated heterocycles. The zero-order valence-corrected chi connectivity index (χ0v) is 15.1. The summed E-state index contributed by atoms with van der Waals surface area (Å²) < 4.78 is 18.8. The van der Waals surface area contributed by atoms with Gasteiger partial charge in [-0.2, -0.15) is 4.98 Å². The van der Waals surface area contributed by atoms with Crippen molar-refractivity contribution in [3.8, 4) is 0 Å². The van der Waals surface area contributed by atoms with Gasteiger partial charge in [0.15, 0.2) is 0 Å². The molecule has 1 N–H and O–H groups in total. The maximum absolute atomic E-state index is 13.7. The molecule has 3 heterocycles. The van der Waals surface area contributed by atoms with Gasteiger partial charge in [-0.25, -0.2) is 4.39 Å². The van der Waals surface area contributed by atoms with E-state index >= 15 is 0 Å². The third-order valence-electron chi connectivity index (χ3n) is 5.06. The van der Waals surface area contributed by atoms with Crippen LogP contribution in [0.25, 0.3) is 0 Å². The first-order valence-corrected chi connectivity index (χ1v) is 8.60. The zero-order valence-electron chi connectivity index (χ0n) is 15.1. The summed E-state index contributed by atoms with van der Waals surface area (Å²) in [6.45, 7) is 5.27. The molecule has 1 aromatic heterocycles. The molecule has 0 saturated carbocycles. The average Bonchev–Trinajstić information content (AvgIpc) is 3.28. The predicted molar refractivity (Wildman–Crippen MR) is 93.4 cm³/mol. The second kappa shape index (κ2) is 7.73.